The van der Waals surface area contributed by atoms with Gasteiger partial charge >= 0.3 is 0 Å². The number of ether oxygens (including phenoxy) is 1. The summed E-state index contributed by atoms with van der Waals surface area (Å²) in [7, 11) is -3.45. The molecule has 7 heteroatoms. The van der Waals surface area contributed by atoms with Gasteiger partial charge in [0.2, 0.25) is 10.0 Å². The minimum absolute atomic E-state index is 0.246. The van der Waals surface area contributed by atoms with Gasteiger partial charge in [-0.25, -0.2) is 8.42 Å². The molecule has 0 saturated carbocycles. The Bertz CT molecular complexity index is 902. The number of nitrogens with zero attached hydrogens (tertiary/aromatic N) is 1. The normalized spacial score (nSPS) is 15.9. The smallest absolute Gasteiger partial charge is 0.265 e. The molecule has 1 atom stereocenters. The van der Waals surface area contributed by atoms with E-state index >= 15 is 0 Å². The first-order chi connectivity index (χ1) is 13.4. The average molecular weight is 403 g/mol. The highest BCUT2D eigenvalue weighted by Gasteiger charge is 2.27. The van der Waals surface area contributed by atoms with E-state index in [2.05, 4.69) is 5.32 Å². The fraction of sp³-hybridized carbons (Fsp3) is 0.381. The minimum atomic E-state index is -3.45. The average Bonchev–Trinajstić information content (AvgIpc) is 3.23. The summed E-state index contributed by atoms with van der Waals surface area (Å²) < 4.78 is 32.4. The molecule has 1 fully saturated rings. The molecule has 0 unspecified atom stereocenters. The molecule has 1 amide bonds. The number of hydrogen-bond acceptors (Lipinski definition) is 4. The molecule has 1 aliphatic rings. The van der Waals surface area contributed by atoms with Crippen LogP contribution in [0, 0.1) is 6.92 Å². The number of hydrogen-bond donors (Lipinski definition) is 1. The van der Waals surface area contributed by atoms with Crippen molar-refractivity contribution in [2.45, 2.75) is 44.1 Å². The lowest BCUT2D eigenvalue weighted by atomic mass is 10.2. The van der Waals surface area contributed by atoms with E-state index in [9.17, 15) is 13.2 Å². The Morgan fingerprint density at radius 2 is 1.68 bits per heavy atom. The van der Waals surface area contributed by atoms with Crippen molar-refractivity contribution in [2.75, 3.05) is 18.4 Å². The van der Waals surface area contributed by atoms with Gasteiger partial charge in [0.05, 0.1) is 4.90 Å². The van der Waals surface area contributed by atoms with Crippen LogP contribution in [-0.2, 0) is 14.8 Å². The molecule has 2 aromatic rings. The monoisotopic (exact) mass is 402 g/mol. The molecular weight excluding hydrogens is 376 g/mol. The van der Waals surface area contributed by atoms with Crippen LogP contribution in [0.25, 0.3) is 0 Å². The van der Waals surface area contributed by atoms with Crippen molar-refractivity contribution in [2.24, 2.45) is 0 Å². The standard InChI is InChI=1S/C21H26N2O4S/c1-3-20(27-18-10-6-16(2)7-11-18)21(24)22-17-8-12-19(13-9-17)28(25,26)23-14-4-5-15-23/h6-13,20H,3-5,14-15H2,1-2H3,(H,22,24)/t20-/m1/s1. The quantitative estimate of drug-likeness (QED) is 0.768. The predicted molar refractivity (Wildman–Crippen MR) is 109 cm³/mol. The Labute approximate surface area is 166 Å². The number of rotatable bonds is 7. The zero-order chi connectivity index (χ0) is 20.1. The summed E-state index contributed by atoms with van der Waals surface area (Å²) in [6.45, 7) is 5.00. The van der Waals surface area contributed by atoms with Gasteiger partial charge in [-0.2, -0.15) is 4.31 Å². The maximum absolute atomic E-state index is 12.6. The minimum Gasteiger partial charge on any atom is -0.481 e. The summed E-state index contributed by atoms with van der Waals surface area (Å²) in [5, 5.41) is 2.80. The Kier molecular flexibility index (Phi) is 6.36. The molecule has 1 N–H and O–H groups in total. The van der Waals surface area contributed by atoms with Crippen LogP contribution in [0.3, 0.4) is 0 Å². The van der Waals surface area contributed by atoms with Gasteiger partial charge in [0, 0.05) is 18.8 Å². The molecule has 2 aromatic carbocycles. The maximum atomic E-state index is 12.6. The van der Waals surface area contributed by atoms with Crippen LogP contribution in [0.4, 0.5) is 5.69 Å². The van der Waals surface area contributed by atoms with Gasteiger partial charge < -0.3 is 10.1 Å². The van der Waals surface area contributed by atoms with E-state index in [0.717, 1.165) is 18.4 Å². The third-order valence-corrected chi connectivity index (χ3v) is 6.70. The highest BCUT2D eigenvalue weighted by molar-refractivity contribution is 7.89. The SMILES string of the molecule is CC[C@@H](Oc1ccc(C)cc1)C(=O)Nc1ccc(S(=O)(=O)N2CCCC2)cc1. The molecule has 6 nitrogen and oxygen atoms in total. The van der Waals surface area contributed by atoms with E-state index in [1.807, 2.05) is 38.1 Å². The Morgan fingerprint density at radius 1 is 1.07 bits per heavy atom. The lowest BCUT2D eigenvalue weighted by Gasteiger charge is -2.18. The molecule has 0 bridgehead atoms. The molecule has 0 spiro atoms. The fourth-order valence-corrected chi connectivity index (χ4v) is 4.63. The van der Waals surface area contributed by atoms with Crippen LogP contribution < -0.4 is 10.1 Å². The maximum Gasteiger partial charge on any atom is 0.265 e. The van der Waals surface area contributed by atoms with Crippen molar-refractivity contribution in [1.82, 2.24) is 4.31 Å². The van der Waals surface area contributed by atoms with Gasteiger partial charge in [-0.15, -0.1) is 0 Å². The molecule has 0 aromatic heterocycles. The van der Waals surface area contributed by atoms with Gasteiger partial charge in [-0.1, -0.05) is 24.6 Å². The largest absolute Gasteiger partial charge is 0.481 e. The fourth-order valence-electron chi connectivity index (χ4n) is 3.11. The first-order valence-electron chi connectivity index (χ1n) is 9.54. The Balaban J connectivity index is 1.65. The summed E-state index contributed by atoms with van der Waals surface area (Å²) in [4.78, 5) is 12.8. The highest BCUT2D eigenvalue weighted by Crippen LogP contribution is 2.22. The molecule has 1 heterocycles. The molecule has 0 aliphatic carbocycles. The highest BCUT2D eigenvalue weighted by atomic mass is 32.2. The Morgan fingerprint density at radius 3 is 2.25 bits per heavy atom. The van der Waals surface area contributed by atoms with E-state index in [1.165, 1.54) is 16.4 Å². The topological polar surface area (TPSA) is 75.7 Å². The van der Waals surface area contributed by atoms with E-state index in [1.54, 1.807) is 12.1 Å². The number of sulfonamides is 1. The molecule has 1 aliphatic heterocycles. The van der Waals surface area contributed by atoms with Gasteiger partial charge in [0.25, 0.3) is 5.91 Å². The summed E-state index contributed by atoms with van der Waals surface area (Å²) >= 11 is 0. The van der Waals surface area contributed by atoms with Gasteiger partial charge in [-0.3, -0.25) is 4.79 Å². The number of anilines is 1. The van der Waals surface area contributed by atoms with Crippen LogP contribution in [0.1, 0.15) is 31.7 Å². The zero-order valence-electron chi connectivity index (χ0n) is 16.2. The first-order valence-corrected chi connectivity index (χ1v) is 11.0. The molecule has 150 valence electrons. The van der Waals surface area contributed by atoms with Crippen LogP contribution in [0.15, 0.2) is 53.4 Å². The summed E-state index contributed by atoms with van der Waals surface area (Å²) in [6.07, 6.45) is 1.68. The third-order valence-electron chi connectivity index (χ3n) is 4.79. The summed E-state index contributed by atoms with van der Waals surface area (Å²) in [5.74, 6) is 0.373. The van der Waals surface area contributed by atoms with Crippen LogP contribution in [-0.4, -0.2) is 37.8 Å². The van der Waals surface area contributed by atoms with Crippen molar-refractivity contribution in [3.05, 3.63) is 54.1 Å². The third kappa shape index (κ3) is 4.72. The van der Waals surface area contributed by atoms with Gasteiger partial charge in [-0.05, 0) is 62.6 Å². The second-order valence-corrected chi connectivity index (χ2v) is 8.89. The van der Waals surface area contributed by atoms with Crippen LogP contribution in [0.5, 0.6) is 5.75 Å². The molecule has 0 radical (unpaired) electrons. The number of carbonyl (C=O) groups is 1. The molecule has 1 saturated heterocycles. The Hall–Kier alpha value is -2.38. The number of aryl methyl sites for hydroxylation is 1. The van der Waals surface area contributed by atoms with E-state index in [0.29, 0.717) is 30.9 Å². The van der Waals surface area contributed by atoms with E-state index < -0.39 is 16.1 Å². The van der Waals surface area contributed by atoms with Crippen molar-refractivity contribution in [3.63, 3.8) is 0 Å². The van der Waals surface area contributed by atoms with Crippen molar-refractivity contribution in [3.8, 4) is 5.75 Å². The number of carbonyl (C=O) groups excluding carboxylic acids is 1. The molecule has 3 rings (SSSR count). The van der Waals surface area contributed by atoms with E-state index in [4.69, 9.17) is 4.74 Å². The van der Waals surface area contributed by atoms with Crippen LogP contribution >= 0.6 is 0 Å². The molecule has 28 heavy (non-hydrogen) atoms. The number of amides is 1. The van der Waals surface area contributed by atoms with Crippen molar-refractivity contribution >= 4 is 21.6 Å². The number of benzene rings is 2. The van der Waals surface area contributed by atoms with Gasteiger partial charge in [0.1, 0.15) is 5.75 Å². The predicted octanol–water partition coefficient (Wildman–Crippen LogP) is 3.58. The van der Waals surface area contributed by atoms with Crippen molar-refractivity contribution < 1.29 is 17.9 Å². The lowest BCUT2D eigenvalue weighted by molar-refractivity contribution is -0.122. The second-order valence-electron chi connectivity index (χ2n) is 6.95. The van der Waals surface area contributed by atoms with Gasteiger partial charge in [0.15, 0.2) is 6.10 Å². The number of nitrogens with one attached hydrogen (secondary N) is 1. The zero-order valence-corrected chi connectivity index (χ0v) is 17.0. The summed E-state index contributed by atoms with van der Waals surface area (Å²) in [6, 6.07) is 13.8. The van der Waals surface area contributed by atoms with Crippen molar-refractivity contribution in [1.29, 1.82) is 0 Å². The van der Waals surface area contributed by atoms with Crippen LogP contribution in [0.2, 0.25) is 0 Å². The summed E-state index contributed by atoms with van der Waals surface area (Å²) in [5.41, 5.74) is 1.66. The molecular formula is C21H26N2O4S. The second kappa shape index (κ2) is 8.75. The first kappa shape index (κ1) is 20.4. The lowest BCUT2D eigenvalue weighted by Crippen LogP contribution is -2.32. The van der Waals surface area contributed by atoms with E-state index in [-0.39, 0.29) is 10.8 Å².